The molecule has 1 aromatic carbocycles. The van der Waals surface area contributed by atoms with Crippen molar-refractivity contribution in [2.24, 2.45) is 0 Å². The summed E-state index contributed by atoms with van der Waals surface area (Å²) in [6, 6.07) is 8.94. The van der Waals surface area contributed by atoms with Gasteiger partial charge in [-0.1, -0.05) is 36.8 Å². The number of amides is 1. The van der Waals surface area contributed by atoms with Crippen LogP contribution in [0.25, 0.3) is 0 Å². The third kappa shape index (κ3) is 7.31. The topological polar surface area (TPSA) is 114 Å². The van der Waals surface area contributed by atoms with Gasteiger partial charge in [0.1, 0.15) is 5.75 Å². The van der Waals surface area contributed by atoms with E-state index in [0.717, 1.165) is 56.9 Å². The molecule has 232 valence electrons. The zero-order valence-corrected chi connectivity index (χ0v) is 27.2. The number of fused-ring (bicyclic) bond motifs is 1. The van der Waals surface area contributed by atoms with Gasteiger partial charge in [-0.2, -0.15) is 9.97 Å². The second kappa shape index (κ2) is 13.4. The van der Waals surface area contributed by atoms with Crippen LogP contribution >= 0.6 is 0 Å². The molecule has 0 bridgehead atoms. The number of nitrogens with zero attached hydrogens (tertiary/aromatic N) is 4. The van der Waals surface area contributed by atoms with Crippen LogP contribution in [-0.4, -0.2) is 94.3 Å². The number of rotatable bonds is 11. The molecule has 0 spiro atoms. The van der Waals surface area contributed by atoms with Crippen molar-refractivity contribution in [2.45, 2.75) is 45.3 Å². The number of benzene rings is 1. The minimum absolute atomic E-state index is 0.0781. The predicted octanol–water partition coefficient (Wildman–Crippen LogP) is 4.35. The summed E-state index contributed by atoms with van der Waals surface area (Å²) in [5.41, 5.74) is 2.64. The molecule has 1 amide bonds. The number of carbonyl (C=O) groups is 1. The Morgan fingerprint density at radius 2 is 1.79 bits per heavy atom. The standard InChI is InChI=1S/C31H44N6O5Si/c1-21-19-25-22(9-7-18-43(25,5)6)20-24(21)42-26-11-10-23(41-26)28(38)33-27-29(39-3)34-31(35-30(27)40-4)32-12-8-13-37-16-14-36(2)15-17-37/h10-11,19-20H,7-9,12-18H2,1-6H3,(H,33,38)(H,32,34,35). The molecule has 0 atom stereocenters. The first-order chi connectivity index (χ1) is 20.7. The number of hydrogen-bond donors (Lipinski definition) is 2. The van der Waals surface area contributed by atoms with Crippen molar-refractivity contribution in [3.63, 3.8) is 0 Å². The van der Waals surface area contributed by atoms with Gasteiger partial charge in [0.05, 0.1) is 22.3 Å². The summed E-state index contributed by atoms with van der Waals surface area (Å²) in [5.74, 6) is 1.29. The Kier molecular flexibility index (Phi) is 9.58. The van der Waals surface area contributed by atoms with E-state index < -0.39 is 14.0 Å². The lowest BCUT2D eigenvalue weighted by Crippen LogP contribution is -2.46. The quantitative estimate of drug-likeness (QED) is 0.241. The molecule has 11 nitrogen and oxygen atoms in total. The smallest absolute Gasteiger partial charge is 0.291 e. The van der Waals surface area contributed by atoms with Crippen LogP contribution in [0.15, 0.2) is 28.7 Å². The van der Waals surface area contributed by atoms with Crippen molar-refractivity contribution >= 4 is 30.8 Å². The average Bonchev–Trinajstić information content (AvgIpc) is 3.46. The van der Waals surface area contributed by atoms with Crippen LogP contribution in [0, 0.1) is 6.92 Å². The molecule has 0 radical (unpaired) electrons. The lowest BCUT2D eigenvalue weighted by molar-refractivity contribution is 0.0990. The summed E-state index contributed by atoms with van der Waals surface area (Å²) in [6.45, 7) is 13.0. The van der Waals surface area contributed by atoms with Crippen molar-refractivity contribution in [1.29, 1.82) is 0 Å². The fourth-order valence-electron chi connectivity index (χ4n) is 5.79. The number of aromatic nitrogens is 2. The zero-order valence-electron chi connectivity index (χ0n) is 26.2. The van der Waals surface area contributed by atoms with E-state index in [9.17, 15) is 4.79 Å². The lowest BCUT2D eigenvalue weighted by Gasteiger charge is -2.32. The predicted molar refractivity (Wildman–Crippen MR) is 170 cm³/mol. The van der Waals surface area contributed by atoms with Crippen molar-refractivity contribution in [2.75, 3.05) is 71.2 Å². The Balaban J connectivity index is 1.22. The number of methoxy groups -OCH3 is 2. The van der Waals surface area contributed by atoms with Crippen LogP contribution in [0.3, 0.4) is 0 Å². The molecule has 3 aromatic rings. The van der Waals surface area contributed by atoms with Gasteiger partial charge in [0.25, 0.3) is 11.9 Å². The van der Waals surface area contributed by atoms with Gasteiger partial charge in [-0.3, -0.25) is 4.79 Å². The Morgan fingerprint density at radius 1 is 1.07 bits per heavy atom. The number of nitrogens with one attached hydrogen (secondary N) is 2. The van der Waals surface area contributed by atoms with Gasteiger partial charge < -0.3 is 39.1 Å². The molecule has 0 saturated carbocycles. The molecule has 5 rings (SSSR count). The lowest BCUT2D eigenvalue weighted by atomic mass is 10.1. The largest absolute Gasteiger partial charge is 0.479 e. The van der Waals surface area contributed by atoms with Gasteiger partial charge in [0.2, 0.25) is 17.7 Å². The second-order valence-corrected chi connectivity index (χ2v) is 16.9. The van der Waals surface area contributed by atoms with Gasteiger partial charge >= 0.3 is 0 Å². The third-order valence-corrected chi connectivity index (χ3v) is 11.9. The fraction of sp³-hybridized carbons (Fsp3) is 0.516. The zero-order chi connectivity index (χ0) is 30.6. The van der Waals surface area contributed by atoms with E-state index in [1.54, 1.807) is 12.1 Å². The fourth-order valence-corrected chi connectivity index (χ4v) is 8.79. The molecule has 1 fully saturated rings. The number of piperazine rings is 1. The number of hydrogen-bond acceptors (Lipinski definition) is 10. The summed E-state index contributed by atoms with van der Waals surface area (Å²) in [4.78, 5) is 26.9. The number of carbonyl (C=O) groups excluding carboxylic acids is 1. The molecular weight excluding hydrogens is 564 g/mol. The van der Waals surface area contributed by atoms with Crippen LogP contribution in [-0.2, 0) is 6.42 Å². The van der Waals surface area contributed by atoms with Gasteiger partial charge in [0, 0.05) is 38.8 Å². The minimum Gasteiger partial charge on any atom is -0.479 e. The molecule has 12 heteroatoms. The molecule has 2 aliphatic heterocycles. The van der Waals surface area contributed by atoms with Crippen LogP contribution in [0.1, 0.15) is 34.5 Å². The van der Waals surface area contributed by atoms with Gasteiger partial charge in [-0.05, 0) is 56.6 Å². The maximum Gasteiger partial charge on any atom is 0.291 e. The number of aryl methyl sites for hydroxylation is 2. The maximum atomic E-state index is 13.2. The number of likely N-dealkylation sites (N-methyl/N-ethyl adjacent to an activating group) is 1. The summed E-state index contributed by atoms with van der Waals surface area (Å²) in [7, 11) is 3.71. The van der Waals surface area contributed by atoms with Gasteiger partial charge in [-0.25, -0.2) is 0 Å². The first-order valence-electron chi connectivity index (χ1n) is 15.0. The summed E-state index contributed by atoms with van der Waals surface area (Å²) in [5, 5.41) is 7.54. The minimum atomic E-state index is -1.41. The van der Waals surface area contributed by atoms with Crippen molar-refractivity contribution in [3.05, 3.63) is 41.2 Å². The molecule has 4 heterocycles. The number of furan rings is 1. The SMILES string of the molecule is COc1nc(NCCCN2CCN(C)CC2)nc(OC)c1NC(=O)c1ccc(Oc2cc3c(cc2C)[Si](C)(C)CCC3)o1. The highest BCUT2D eigenvalue weighted by Gasteiger charge is 2.30. The Bertz CT molecular complexity index is 1410. The Morgan fingerprint density at radius 3 is 2.49 bits per heavy atom. The molecule has 2 aromatic heterocycles. The Hall–Kier alpha value is -3.61. The van der Waals surface area contributed by atoms with Crippen molar-refractivity contribution < 1.29 is 23.4 Å². The van der Waals surface area contributed by atoms with E-state index in [1.807, 2.05) is 0 Å². The van der Waals surface area contributed by atoms with Crippen molar-refractivity contribution in [3.8, 4) is 23.5 Å². The summed E-state index contributed by atoms with van der Waals surface area (Å²) >= 11 is 0. The van der Waals surface area contributed by atoms with E-state index in [2.05, 4.69) is 69.6 Å². The van der Waals surface area contributed by atoms with Crippen molar-refractivity contribution in [1.82, 2.24) is 19.8 Å². The summed E-state index contributed by atoms with van der Waals surface area (Å²) < 4.78 is 22.9. The summed E-state index contributed by atoms with van der Waals surface area (Å²) in [6.07, 6.45) is 3.22. The van der Waals surface area contributed by atoms with Gasteiger partial charge in [0.15, 0.2) is 11.4 Å². The third-order valence-electron chi connectivity index (χ3n) is 8.39. The van der Waals surface area contributed by atoms with E-state index in [1.165, 1.54) is 37.4 Å². The molecule has 43 heavy (non-hydrogen) atoms. The molecule has 2 N–H and O–H groups in total. The Labute approximate surface area is 254 Å². The van der Waals surface area contributed by atoms with E-state index in [-0.39, 0.29) is 29.2 Å². The molecular formula is C31H44N6O5Si. The van der Waals surface area contributed by atoms with E-state index in [4.69, 9.17) is 18.6 Å². The first-order valence-corrected chi connectivity index (χ1v) is 18.3. The van der Waals surface area contributed by atoms with Crippen LogP contribution in [0.5, 0.6) is 23.5 Å². The van der Waals surface area contributed by atoms with Crippen LogP contribution in [0.2, 0.25) is 19.1 Å². The highest BCUT2D eigenvalue weighted by molar-refractivity contribution is 6.90. The van der Waals surface area contributed by atoms with Crippen LogP contribution < -0.4 is 30.0 Å². The average molecular weight is 609 g/mol. The molecule has 0 unspecified atom stereocenters. The van der Waals surface area contributed by atoms with E-state index >= 15 is 0 Å². The monoisotopic (exact) mass is 608 g/mol. The molecule has 0 aliphatic carbocycles. The maximum absolute atomic E-state index is 13.2. The normalized spacial score (nSPS) is 16.8. The van der Waals surface area contributed by atoms with E-state index in [0.29, 0.717) is 12.5 Å². The number of anilines is 2. The first kappa shape index (κ1) is 30.8. The van der Waals surface area contributed by atoms with Gasteiger partial charge in [-0.15, -0.1) is 0 Å². The highest BCUT2D eigenvalue weighted by Crippen LogP contribution is 2.34. The number of ether oxygens (including phenoxy) is 3. The van der Waals surface area contributed by atoms with Crippen LogP contribution in [0.4, 0.5) is 11.6 Å². The molecule has 2 aliphatic rings. The second-order valence-electron chi connectivity index (χ2n) is 12.1. The molecule has 1 saturated heterocycles. The highest BCUT2D eigenvalue weighted by atomic mass is 28.3.